The first-order valence-electron chi connectivity index (χ1n) is 9.54. The number of alkyl halides is 2. The smallest absolute Gasteiger partial charge is 0.343 e. The van der Waals surface area contributed by atoms with E-state index in [9.17, 15) is 18.4 Å². The van der Waals surface area contributed by atoms with Crippen LogP contribution in [0.3, 0.4) is 0 Å². The van der Waals surface area contributed by atoms with Crippen molar-refractivity contribution in [3.63, 3.8) is 0 Å². The highest BCUT2D eigenvalue weighted by Crippen LogP contribution is 2.31. The first-order chi connectivity index (χ1) is 15.2. The van der Waals surface area contributed by atoms with E-state index in [4.69, 9.17) is 16.3 Å². The van der Waals surface area contributed by atoms with E-state index < -0.39 is 24.2 Å². The van der Waals surface area contributed by atoms with Gasteiger partial charge in [0, 0.05) is 4.90 Å². The highest BCUT2D eigenvalue weighted by molar-refractivity contribution is 7.99. The summed E-state index contributed by atoms with van der Waals surface area (Å²) in [7, 11) is 0. The van der Waals surface area contributed by atoms with Gasteiger partial charge < -0.3 is 10.1 Å². The maximum Gasteiger partial charge on any atom is 0.343 e. The number of rotatable bonds is 8. The fourth-order valence-corrected chi connectivity index (χ4v) is 3.82. The number of carbonyl (C=O) groups excluding carboxylic acids is 2. The van der Waals surface area contributed by atoms with Gasteiger partial charge in [0.1, 0.15) is 10.7 Å². The Bertz CT molecular complexity index is 1120. The normalized spacial score (nSPS) is 10.9. The minimum atomic E-state index is -2.63. The highest BCUT2D eigenvalue weighted by atomic mass is 35.5. The summed E-state index contributed by atoms with van der Waals surface area (Å²) >= 11 is 6.66. The molecule has 1 aromatic heterocycles. The summed E-state index contributed by atoms with van der Waals surface area (Å²) in [5, 5.41) is 6.87. The van der Waals surface area contributed by atoms with E-state index in [-0.39, 0.29) is 21.3 Å². The predicted octanol–water partition coefficient (Wildman–Crippen LogP) is 5.31. The van der Waals surface area contributed by atoms with Gasteiger partial charge in [0.05, 0.1) is 17.9 Å². The third-order valence-electron chi connectivity index (χ3n) is 4.43. The van der Waals surface area contributed by atoms with Gasteiger partial charge in [0.2, 0.25) is 0 Å². The summed E-state index contributed by atoms with van der Waals surface area (Å²) in [5.74, 6) is -4.10. The molecule has 0 aliphatic rings. The molecule has 0 saturated carbocycles. The highest BCUT2D eigenvalue weighted by Gasteiger charge is 2.23. The van der Waals surface area contributed by atoms with E-state index >= 15 is 0 Å². The van der Waals surface area contributed by atoms with E-state index in [1.807, 2.05) is 31.2 Å². The van der Waals surface area contributed by atoms with E-state index in [0.717, 1.165) is 11.1 Å². The number of thioether (sulfide) groups is 1. The number of hydrogen-bond acceptors (Lipinski definition) is 5. The summed E-state index contributed by atoms with van der Waals surface area (Å²) in [5.41, 5.74) is 2.72. The van der Waals surface area contributed by atoms with E-state index in [1.54, 1.807) is 19.1 Å². The number of esters is 1. The van der Waals surface area contributed by atoms with Crippen LogP contribution in [0.4, 0.5) is 14.5 Å². The number of aromatic nitrogens is 2. The number of halogens is 3. The zero-order chi connectivity index (χ0) is 23.3. The molecule has 0 atom stereocenters. The van der Waals surface area contributed by atoms with Gasteiger partial charge in [-0.25, -0.2) is 9.48 Å². The number of hydrogen-bond donors (Lipinski definition) is 1. The zero-order valence-electron chi connectivity index (χ0n) is 17.3. The van der Waals surface area contributed by atoms with Crippen molar-refractivity contribution in [2.45, 2.75) is 31.0 Å². The number of aryl methyl sites for hydroxylation is 2. The zero-order valence-corrected chi connectivity index (χ0v) is 18.8. The summed E-state index contributed by atoms with van der Waals surface area (Å²) in [6.45, 7) is 3.36. The molecule has 1 N–H and O–H groups in total. The standard InChI is InChI=1S/C22H20ClF2N3O3S/c1-13-7-9-15(10-8-13)11-28-20(23)19(14(2)27-28)21(30)31-12-18(29)26-16-5-3-4-6-17(16)32-22(24)25/h3-10,22H,11-12H2,1-2H3,(H,26,29). The maximum absolute atomic E-state index is 12.7. The average molecular weight is 480 g/mol. The van der Waals surface area contributed by atoms with E-state index in [0.29, 0.717) is 24.0 Å². The molecule has 1 amide bonds. The van der Waals surface area contributed by atoms with Gasteiger partial charge >= 0.3 is 5.97 Å². The van der Waals surface area contributed by atoms with E-state index in [2.05, 4.69) is 10.4 Å². The first kappa shape index (κ1) is 23.7. The van der Waals surface area contributed by atoms with Crippen LogP contribution in [0.2, 0.25) is 5.15 Å². The second-order valence-electron chi connectivity index (χ2n) is 6.89. The number of benzene rings is 2. The van der Waals surface area contributed by atoms with Crippen molar-refractivity contribution in [3.05, 3.63) is 76.1 Å². The number of nitrogens with zero attached hydrogens (tertiary/aromatic N) is 2. The molecule has 0 aliphatic carbocycles. The van der Waals surface area contributed by atoms with Gasteiger partial charge in [-0.2, -0.15) is 13.9 Å². The molecule has 0 fully saturated rings. The van der Waals surface area contributed by atoms with Crippen molar-refractivity contribution in [2.75, 3.05) is 11.9 Å². The summed E-state index contributed by atoms with van der Waals surface area (Å²) in [4.78, 5) is 24.9. The van der Waals surface area contributed by atoms with Gasteiger partial charge in [-0.3, -0.25) is 4.79 Å². The molecule has 0 aliphatic heterocycles. The van der Waals surface area contributed by atoms with Gasteiger partial charge in [0.25, 0.3) is 11.7 Å². The number of para-hydroxylation sites is 1. The molecule has 0 spiro atoms. The molecule has 6 nitrogen and oxygen atoms in total. The number of nitrogens with one attached hydrogen (secondary N) is 1. The Kier molecular flexibility index (Phi) is 7.87. The molecule has 3 rings (SSSR count). The lowest BCUT2D eigenvalue weighted by molar-refractivity contribution is -0.119. The quantitative estimate of drug-likeness (QED) is 0.350. The molecule has 168 valence electrons. The van der Waals surface area contributed by atoms with Crippen LogP contribution in [0.25, 0.3) is 0 Å². The van der Waals surface area contributed by atoms with Crippen molar-refractivity contribution >= 4 is 40.9 Å². The molecule has 3 aromatic rings. The van der Waals surface area contributed by atoms with Crippen molar-refractivity contribution in [1.82, 2.24) is 9.78 Å². The van der Waals surface area contributed by atoms with E-state index in [1.165, 1.54) is 16.8 Å². The summed E-state index contributed by atoms with van der Waals surface area (Å²) in [6.07, 6.45) is 0. The Balaban J connectivity index is 1.63. The molecule has 0 unspecified atom stereocenters. The second kappa shape index (κ2) is 10.6. The molecule has 0 saturated heterocycles. The van der Waals surface area contributed by atoms with Crippen molar-refractivity contribution in [2.24, 2.45) is 0 Å². The van der Waals surface area contributed by atoms with Crippen LogP contribution in [0.15, 0.2) is 53.4 Å². The predicted molar refractivity (Wildman–Crippen MR) is 119 cm³/mol. The van der Waals surface area contributed by atoms with Gasteiger partial charge in [-0.15, -0.1) is 0 Å². The molecule has 0 bridgehead atoms. The summed E-state index contributed by atoms with van der Waals surface area (Å²) in [6, 6.07) is 13.9. The number of carbonyl (C=O) groups is 2. The third-order valence-corrected chi connectivity index (χ3v) is 5.61. The van der Waals surface area contributed by atoms with Crippen LogP contribution < -0.4 is 5.32 Å². The SMILES string of the molecule is Cc1ccc(Cn2nc(C)c(C(=O)OCC(=O)Nc3ccccc3SC(F)F)c2Cl)cc1. The Morgan fingerprint density at radius 1 is 1.16 bits per heavy atom. The first-order valence-corrected chi connectivity index (χ1v) is 10.8. The molecule has 0 radical (unpaired) electrons. The number of ether oxygens (including phenoxy) is 1. The molecular weight excluding hydrogens is 460 g/mol. The largest absolute Gasteiger partial charge is 0.452 e. The Morgan fingerprint density at radius 3 is 2.53 bits per heavy atom. The van der Waals surface area contributed by atoms with Crippen LogP contribution >= 0.6 is 23.4 Å². The van der Waals surface area contributed by atoms with Crippen molar-refractivity contribution in [3.8, 4) is 0 Å². The number of anilines is 1. The molecule has 2 aromatic carbocycles. The molecule has 1 heterocycles. The summed E-state index contributed by atoms with van der Waals surface area (Å²) < 4.78 is 31.9. The lowest BCUT2D eigenvalue weighted by atomic mass is 10.1. The van der Waals surface area contributed by atoms with Crippen LogP contribution in [0, 0.1) is 13.8 Å². The molecule has 32 heavy (non-hydrogen) atoms. The van der Waals surface area contributed by atoms with Crippen LogP contribution in [0.5, 0.6) is 0 Å². The lowest BCUT2D eigenvalue weighted by Crippen LogP contribution is -2.21. The minimum absolute atomic E-state index is 0.0697. The van der Waals surface area contributed by atoms with Crippen molar-refractivity contribution in [1.29, 1.82) is 0 Å². The topological polar surface area (TPSA) is 73.2 Å². The van der Waals surface area contributed by atoms with Crippen LogP contribution in [-0.2, 0) is 16.1 Å². The Morgan fingerprint density at radius 2 is 1.84 bits per heavy atom. The third kappa shape index (κ3) is 6.08. The van der Waals surface area contributed by atoms with Crippen LogP contribution in [-0.4, -0.2) is 34.0 Å². The number of amides is 1. The maximum atomic E-state index is 12.7. The monoisotopic (exact) mass is 479 g/mol. The Hall–Kier alpha value is -2.91. The second-order valence-corrected chi connectivity index (χ2v) is 8.28. The molecule has 10 heteroatoms. The average Bonchev–Trinajstić information content (AvgIpc) is 3.02. The van der Waals surface area contributed by atoms with Gasteiger partial charge in [-0.05, 0) is 31.5 Å². The Labute approximate surface area is 192 Å². The van der Waals surface area contributed by atoms with Gasteiger partial charge in [0.15, 0.2) is 6.61 Å². The minimum Gasteiger partial charge on any atom is -0.452 e. The molecular formula is C22H20ClF2N3O3S. The van der Waals surface area contributed by atoms with Crippen molar-refractivity contribution < 1.29 is 23.1 Å². The van der Waals surface area contributed by atoms with Gasteiger partial charge in [-0.1, -0.05) is 65.3 Å². The lowest BCUT2D eigenvalue weighted by Gasteiger charge is -2.10. The van der Waals surface area contributed by atoms with Crippen LogP contribution in [0.1, 0.15) is 27.2 Å². The fourth-order valence-electron chi connectivity index (χ4n) is 2.91. The fraction of sp³-hybridized carbons (Fsp3) is 0.227.